The van der Waals surface area contributed by atoms with E-state index in [1.54, 1.807) is 0 Å². The highest BCUT2D eigenvalue weighted by Gasteiger charge is 2.26. The molecule has 0 aliphatic rings. The summed E-state index contributed by atoms with van der Waals surface area (Å²) in [5.41, 5.74) is 9.32. The van der Waals surface area contributed by atoms with Crippen LogP contribution in [-0.4, -0.2) is 19.6 Å². The van der Waals surface area contributed by atoms with Gasteiger partial charge in [0.1, 0.15) is 11.6 Å². The minimum absolute atomic E-state index is 0.0279. The first-order chi connectivity index (χ1) is 30.1. The van der Waals surface area contributed by atoms with Crippen molar-refractivity contribution in [3.8, 4) is 67.5 Å². The monoisotopic (exact) mass is 739 g/mol. The maximum absolute atomic E-state index is 11.9. The minimum Gasteiger partial charge on any atom is -0.507 e. The molecular formula is C52H49N3O. The summed E-state index contributed by atoms with van der Waals surface area (Å²) in [5.74, 6) is 0.676. The number of aryl methyl sites for hydroxylation is 2. The molecule has 1 N–H and O–H groups in total. The van der Waals surface area contributed by atoms with Gasteiger partial charge in [0.2, 0.25) is 0 Å². The number of benzene rings is 6. The van der Waals surface area contributed by atoms with Gasteiger partial charge in [-0.2, -0.15) is 0 Å². The summed E-state index contributed by atoms with van der Waals surface area (Å²) in [5, 5.41) is 11.9. The quantitative estimate of drug-likeness (QED) is 0.185. The zero-order chi connectivity index (χ0) is 46.3. The van der Waals surface area contributed by atoms with E-state index in [-0.39, 0.29) is 34.0 Å². The molecule has 4 heteroatoms. The van der Waals surface area contributed by atoms with Crippen LogP contribution >= 0.6 is 0 Å². The maximum atomic E-state index is 11.9. The molecule has 6 aromatic carbocycles. The van der Waals surface area contributed by atoms with Gasteiger partial charge in [-0.25, -0.2) is 4.98 Å². The number of pyridine rings is 1. The Bertz CT molecular complexity index is 3170. The van der Waals surface area contributed by atoms with Crippen LogP contribution in [0.3, 0.4) is 0 Å². The van der Waals surface area contributed by atoms with Crippen LogP contribution in [0, 0.1) is 13.8 Å². The Morgan fingerprint density at radius 3 is 2.05 bits per heavy atom. The number of rotatable bonds is 6. The molecule has 0 amide bonds. The smallest absolute Gasteiger partial charge is 0.149 e. The molecule has 0 spiro atoms. The van der Waals surface area contributed by atoms with Crippen molar-refractivity contribution in [2.24, 2.45) is 0 Å². The lowest BCUT2D eigenvalue weighted by Crippen LogP contribution is -2.12. The van der Waals surface area contributed by atoms with E-state index in [4.69, 9.17) is 14.6 Å². The van der Waals surface area contributed by atoms with E-state index < -0.39 is 47.8 Å². The SMILES string of the molecule is [2H]c1nc(-c2cc(-c3cccc4c3nc(-c3cc(C(C)(C)C)cc(C)c3O)n4-c3ccc(C)cc3-c3ccccc3)cc(C(C)(C)C)c2)c([2H])c(-c2c([2H])c([2H])c([2H])c([2H])c2[2H])c1[2H]. The lowest BCUT2D eigenvalue weighted by Gasteiger charge is -2.22. The molecule has 0 radical (unpaired) electrons. The Hall–Kier alpha value is -6.26. The molecule has 0 bridgehead atoms. The summed E-state index contributed by atoms with van der Waals surface area (Å²) < 4.78 is 71.3. The summed E-state index contributed by atoms with van der Waals surface area (Å²) in [6.07, 6.45) is -0.499. The second-order valence-corrected chi connectivity index (χ2v) is 16.5. The summed E-state index contributed by atoms with van der Waals surface area (Å²) in [6, 6.07) is 28.6. The summed E-state index contributed by atoms with van der Waals surface area (Å²) >= 11 is 0. The molecule has 8 rings (SSSR count). The highest BCUT2D eigenvalue weighted by atomic mass is 16.3. The van der Waals surface area contributed by atoms with Crippen molar-refractivity contribution < 1.29 is 16.1 Å². The first-order valence-corrected chi connectivity index (χ1v) is 18.8. The van der Waals surface area contributed by atoms with E-state index in [2.05, 4.69) is 94.4 Å². The molecule has 8 aromatic rings. The second-order valence-electron chi connectivity index (χ2n) is 16.5. The van der Waals surface area contributed by atoms with Crippen LogP contribution in [0.1, 0.15) is 74.8 Å². The number of phenolic OH excluding ortho intramolecular Hbond substituents is 1. The Balaban J connectivity index is 1.46. The topological polar surface area (TPSA) is 50.9 Å². The number of phenols is 1. The molecule has 2 heterocycles. The van der Waals surface area contributed by atoms with Crippen LogP contribution in [0.25, 0.3) is 72.7 Å². The Kier molecular flexibility index (Phi) is 7.10. The standard InChI is InChI=1S/C52H49N3O/c1-33-22-23-46(43(26-33)36-18-13-10-14-19-36)55-47-21-15-20-42(48(47)54-50(55)44-32-40(51(3,4)5)27-34(2)49(44)56)38-28-39(30-41(29-38)52(6,7)8)45-31-37(24-25-53-45)35-16-11-9-12-17-35/h9-32,56H,1-8H3/i9D,11D,12D,16D,17D,24D,25D,31D. The van der Waals surface area contributed by atoms with Crippen LogP contribution in [-0.2, 0) is 10.8 Å². The lowest BCUT2D eigenvalue weighted by atomic mass is 9.83. The largest absolute Gasteiger partial charge is 0.507 e. The van der Waals surface area contributed by atoms with Crippen LogP contribution < -0.4 is 0 Å². The number of para-hydroxylation sites is 1. The molecule has 0 aliphatic heterocycles. The van der Waals surface area contributed by atoms with Gasteiger partial charge in [-0.15, -0.1) is 0 Å². The average molecular weight is 740 g/mol. The van der Waals surface area contributed by atoms with E-state index in [0.29, 0.717) is 22.5 Å². The van der Waals surface area contributed by atoms with Crippen LogP contribution in [0.5, 0.6) is 5.75 Å². The van der Waals surface area contributed by atoms with Gasteiger partial charge in [-0.3, -0.25) is 9.55 Å². The molecule has 0 saturated carbocycles. The third kappa shape index (κ3) is 6.92. The fourth-order valence-corrected chi connectivity index (χ4v) is 7.14. The van der Waals surface area contributed by atoms with Gasteiger partial charge in [0.25, 0.3) is 0 Å². The van der Waals surface area contributed by atoms with Crippen LogP contribution in [0.4, 0.5) is 0 Å². The van der Waals surface area contributed by atoms with Crippen molar-refractivity contribution in [2.45, 2.75) is 66.2 Å². The summed E-state index contributed by atoms with van der Waals surface area (Å²) in [7, 11) is 0. The average Bonchev–Trinajstić information content (AvgIpc) is 3.64. The highest BCUT2D eigenvalue weighted by Crippen LogP contribution is 2.43. The molecule has 2 aromatic heterocycles. The van der Waals surface area contributed by atoms with Crippen LogP contribution in [0.2, 0.25) is 0 Å². The molecule has 0 saturated heterocycles. The Morgan fingerprint density at radius 1 is 0.607 bits per heavy atom. The minimum atomic E-state index is -0.598. The highest BCUT2D eigenvalue weighted by molar-refractivity contribution is 5.98. The zero-order valence-electron chi connectivity index (χ0n) is 41.0. The van der Waals surface area contributed by atoms with Crippen molar-refractivity contribution in [3.63, 3.8) is 0 Å². The van der Waals surface area contributed by atoms with E-state index >= 15 is 0 Å². The van der Waals surface area contributed by atoms with E-state index in [9.17, 15) is 6.48 Å². The van der Waals surface area contributed by atoms with Crippen molar-refractivity contribution in [1.82, 2.24) is 14.5 Å². The number of hydrogen-bond donors (Lipinski definition) is 1. The number of imidazole rings is 1. The fourth-order valence-electron chi connectivity index (χ4n) is 7.14. The first-order valence-electron chi connectivity index (χ1n) is 22.8. The van der Waals surface area contributed by atoms with Gasteiger partial charge in [0.05, 0.1) is 38.9 Å². The van der Waals surface area contributed by atoms with Crippen molar-refractivity contribution in [1.29, 1.82) is 0 Å². The predicted octanol–water partition coefficient (Wildman–Crippen LogP) is 13.7. The van der Waals surface area contributed by atoms with E-state index in [1.165, 1.54) is 0 Å². The molecule has 0 fully saturated rings. The van der Waals surface area contributed by atoms with Gasteiger partial charge in [0.15, 0.2) is 0 Å². The molecule has 4 nitrogen and oxygen atoms in total. The van der Waals surface area contributed by atoms with Gasteiger partial charge in [-0.05, 0) is 112 Å². The van der Waals surface area contributed by atoms with Crippen molar-refractivity contribution in [3.05, 3.63) is 168 Å². The van der Waals surface area contributed by atoms with E-state index in [1.807, 2.05) is 67.6 Å². The third-order valence-corrected chi connectivity index (χ3v) is 10.3. The summed E-state index contributed by atoms with van der Waals surface area (Å²) in [6.45, 7) is 16.6. The van der Waals surface area contributed by atoms with Gasteiger partial charge in [0, 0.05) is 22.9 Å². The summed E-state index contributed by atoms with van der Waals surface area (Å²) in [4.78, 5) is 9.91. The lowest BCUT2D eigenvalue weighted by molar-refractivity contribution is 0.471. The van der Waals surface area contributed by atoms with E-state index in [0.717, 1.165) is 55.7 Å². The predicted molar refractivity (Wildman–Crippen MR) is 235 cm³/mol. The normalized spacial score (nSPS) is 14.0. The number of nitrogens with zero attached hydrogens (tertiary/aromatic N) is 3. The molecule has 56 heavy (non-hydrogen) atoms. The Labute approximate surface area is 342 Å². The number of aromatic hydroxyl groups is 1. The third-order valence-electron chi connectivity index (χ3n) is 10.3. The molecule has 278 valence electrons. The number of aromatic nitrogens is 3. The van der Waals surface area contributed by atoms with Gasteiger partial charge < -0.3 is 5.11 Å². The van der Waals surface area contributed by atoms with Crippen LogP contribution in [0.15, 0.2) is 146 Å². The maximum Gasteiger partial charge on any atom is 0.149 e. The number of hydrogen-bond acceptors (Lipinski definition) is 3. The molecular weight excluding hydrogens is 683 g/mol. The molecule has 0 unspecified atom stereocenters. The molecule has 0 atom stereocenters. The first kappa shape index (κ1) is 28.2. The van der Waals surface area contributed by atoms with Gasteiger partial charge in [-0.1, -0.05) is 138 Å². The fraction of sp³-hybridized carbons (Fsp3) is 0.192. The second kappa shape index (κ2) is 14.1. The van der Waals surface area contributed by atoms with Gasteiger partial charge >= 0.3 is 0 Å². The Morgan fingerprint density at radius 2 is 1.32 bits per heavy atom. The zero-order valence-corrected chi connectivity index (χ0v) is 33.0. The van der Waals surface area contributed by atoms with Crippen molar-refractivity contribution >= 4 is 11.0 Å². The number of fused-ring (bicyclic) bond motifs is 1. The molecule has 0 aliphatic carbocycles. The van der Waals surface area contributed by atoms with Crippen molar-refractivity contribution in [2.75, 3.05) is 0 Å².